The van der Waals surface area contributed by atoms with Gasteiger partial charge >= 0.3 is 0 Å². The second kappa shape index (κ2) is 5.82. The van der Waals surface area contributed by atoms with Gasteiger partial charge in [-0.3, -0.25) is 4.98 Å². The third-order valence-corrected chi connectivity index (χ3v) is 4.49. The fourth-order valence-corrected chi connectivity index (χ4v) is 2.97. The fourth-order valence-electron chi connectivity index (χ4n) is 2.63. The minimum atomic E-state index is -0.224. The highest BCUT2D eigenvalue weighted by Crippen LogP contribution is 2.39. The second-order valence-corrected chi connectivity index (χ2v) is 5.62. The minimum absolute atomic E-state index is 0.114. The second-order valence-electron chi connectivity index (χ2n) is 5.15. The van der Waals surface area contributed by atoms with Crippen LogP contribution in [0.3, 0.4) is 0 Å². The molecule has 2 atom stereocenters. The number of rotatable bonds is 3. The first-order chi connectivity index (χ1) is 10.2. The van der Waals surface area contributed by atoms with Gasteiger partial charge in [-0.05, 0) is 34.7 Å². The average molecular weight is 300 g/mol. The van der Waals surface area contributed by atoms with Crippen molar-refractivity contribution in [3.63, 3.8) is 0 Å². The number of hydrogen-bond acceptors (Lipinski definition) is 1. The van der Waals surface area contributed by atoms with Gasteiger partial charge in [0.25, 0.3) is 0 Å². The van der Waals surface area contributed by atoms with Crippen LogP contribution in [-0.2, 0) is 0 Å². The molecular formula is C18H15ClFN. The molecule has 106 valence electrons. The Balaban J connectivity index is 2.06. The van der Waals surface area contributed by atoms with Crippen LogP contribution in [-0.4, -0.2) is 4.98 Å². The lowest BCUT2D eigenvalue weighted by Crippen LogP contribution is -2.04. The zero-order valence-corrected chi connectivity index (χ0v) is 12.4. The predicted octanol–water partition coefficient (Wildman–Crippen LogP) is 5.46. The molecule has 0 fully saturated rings. The van der Waals surface area contributed by atoms with E-state index in [1.807, 2.05) is 30.3 Å². The van der Waals surface area contributed by atoms with E-state index in [1.165, 1.54) is 6.07 Å². The summed E-state index contributed by atoms with van der Waals surface area (Å²) < 4.78 is 13.9. The molecule has 0 spiro atoms. The molecule has 0 aliphatic carbocycles. The standard InChI is InChI=1S/C18H15ClFN/c1-12(13-8-10-21-11-9-13)18(19)16-6-7-17(20)15-5-3-2-4-14(15)16/h2-12,18H,1H3. The quantitative estimate of drug-likeness (QED) is 0.585. The van der Waals surface area contributed by atoms with Gasteiger partial charge in [-0.1, -0.05) is 37.3 Å². The molecule has 2 unspecified atom stereocenters. The maximum absolute atomic E-state index is 13.9. The Bertz CT molecular complexity index is 758. The van der Waals surface area contributed by atoms with Crippen molar-refractivity contribution in [1.82, 2.24) is 4.98 Å². The molecule has 0 radical (unpaired) electrons. The highest BCUT2D eigenvalue weighted by atomic mass is 35.5. The first-order valence-corrected chi connectivity index (χ1v) is 7.33. The minimum Gasteiger partial charge on any atom is -0.265 e. The highest BCUT2D eigenvalue weighted by molar-refractivity contribution is 6.22. The van der Waals surface area contributed by atoms with Crippen molar-refractivity contribution in [2.24, 2.45) is 0 Å². The van der Waals surface area contributed by atoms with E-state index in [0.29, 0.717) is 5.39 Å². The number of nitrogens with zero attached hydrogens (tertiary/aromatic N) is 1. The summed E-state index contributed by atoms with van der Waals surface area (Å²) in [4.78, 5) is 4.03. The van der Waals surface area contributed by atoms with Gasteiger partial charge in [0.1, 0.15) is 5.82 Å². The lowest BCUT2D eigenvalue weighted by molar-refractivity contribution is 0.638. The van der Waals surface area contributed by atoms with Crippen molar-refractivity contribution in [1.29, 1.82) is 0 Å². The molecule has 0 aliphatic heterocycles. The lowest BCUT2D eigenvalue weighted by atomic mass is 9.91. The number of alkyl halides is 1. The van der Waals surface area contributed by atoms with Gasteiger partial charge in [0.05, 0.1) is 5.38 Å². The highest BCUT2D eigenvalue weighted by Gasteiger charge is 2.21. The van der Waals surface area contributed by atoms with E-state index in [9.17, 15) is 4.39 Å². The maximum atomic E-state index is 13.9. The molecule has 1 aromatic heterocycles. The number of aromatic nitrogens is 1. The van der Waals surface area contributed by atoms with Crippen molar-refractivity contribution >= 4 is 22.4 Å². The summed E-state index contributed by atoms with van der Waals surface area (Å²) in [6.07, 6.45) is 3.52. The number of pyridine rings is 1. The SMILES string of the molecule is CC(c1ccncc1)C(Cl)c1ccc(F)c2ccccc12. The average Bonchev–Trinajstić information content (AvgIpc) is 2.55. The van der Waals surface area contributed by atoms with E-state index < -0.39 is 0 Å². The third kappa shape index (κ3) is 2.64. The van der Waals surface area contributed by atoms with Gasteiger partial charge < -0.3 is 0 Å². The number of fused-ring (bicyclic) bond motifs is 1. The fraction of sp³-hybridized carbons (Fsp3) is 0.167. The Morgan fingerprint density at radius 1 is 0.952 bits per heavy atom. The van der Waals surface area contributed by atoms with E-state index >= 15 is 0 Å². The maximum Gasteiger partial charge on any atom is 0.131 e. The van der Waals surface area contributed by atoms with E-state index in [1.54, 1.807) is 24.5 Å². The van der Waals surface area contributed by atoms with E-state index in [0.717, 1.165) is 16.5 Å². The smallest absolute Gasteiger partial charge is 0.131 e. The number of hydrogen-bond donors (Lipinski definition) is 0. The van der Waals surface area contributed by atoms with Gasteiger partial charge in [0.2, 0.25) is 0 Å². The molecule has 3 heteroatoms. The molecule has 0 saturated carbocycles. The molecule has 3 aromatic rings. The summed E-state index contributed by atoms with van der Waals surface area (Å²) in [5, 5.41) is 1.26. The first kappa shape index (κ1) is 14.0. The van der Waals surface area contributed by atoms with E-state index in [-0.39, 0.29) is 17.1 Å². The van der Waals surface area contributed by atoms with Crippen LogP contribution in [0.1, 0.15) is 29.3 Å². The van der Waals surface area contributed by atoms with Gasteiger partial charge in [-0.15, -0.1) is 11.6 Å². The largest absolute Gasteiger partial charge is 0.265 e. The lowest BCUT2D eigenvalue weighted by Gasteiger charge is -2.20. The molecule has 0 bridgehead atoms. The Morgan fingerprint density at radius 3 is 2.33 bits per heavy atom. The van der Waals surface area contributed by atoms with Crippen molar-refractivity contribution < 1.29 is 4.39 Å². The van der Waals surface area contributed by atoms with Crippen LogP contribution in [0.5, 0.6) is 0 Å². The van der Waals surface area contributed by atoms with E-state index in [2.05, 4.69) is 11.9 Å². The summed E-state index contributed by atoms with van der Waals surface area (Å²) >= 11 is 6.68. The molecule has 1 heterocycles. The van der Waals surface area contributed by atoms with Crippen LogP contribution in [0.2, 0.25) is 0 Å². The van der Waals surface area contributed by atoms with Gasteiger partial charge in [0.15, 0.2) is 0 Å². The van der Waals surface area contributed by atoms with Crippen molar-refractivity contribution in [3.8, 4) is 0 Å². The van der Waals surface area contributed by atoms with Crippen molar-refractivity contribution in [2.45, 2.75) is 18.2 Å². The summed E-state index contributed by atoms with van der Waals surface area (Å²) in [5.74, 6) is -0.0988. The van der Waals surface area contributed by atoms with Crippen LogP contribution in [0.25, 0.3) is 10.8 Å². The van der Waals surface area contributed by atoms with Gasteiger partial charge in [-0.2, -0.15) is 0 Å². The molecule has 2 aromatic carbocycles. The van der Waals surface area contributed by atoms with Crippen LogP contribution < -0.4 is 0 Å². The molecule has 1 nitrogen and oxygen atoms in total. The van der Waals surface area contributed by atoms with Crippen LogP contribution in [0, 0.1) is 5.82 Å². The van der Waals surface area contributed by atoms with Gasteiger partial charge in [-0.25, -0.2) is 4.39 Å². The molecule has 0 N–H and O–H groups in total. The Hall–Kier alpha value is -1.93. The van der Waals surface area contributed by atoms with Gasteiger partial charge in [0, 0.05) is 23.7 Å². The Labute approximate surface area is 128 Å². The summed E-state index contributed by atoms with van der Waals surface area (Å²) in [6, 6.07) is 14.7. The summed E-state index contributed by atoms with van der Waals surface area (Å²) in [5.41, 5.74) is 2.08. The van der Waals surface area contributed by atoms with E-state index in [4.69, 9.17) is 11.6 Å². The molecule has 0 amide bonds. The molecule has 0 saturated heterocycles. The number of benzene rings is 2. The zero-order chi connectivity index (χ0) is 14.8. The summed E-state index contributed by atoms with van der Waals surface area (Å²) in [7, 11) is 0. The first-order valence-electron chi connectivity index (χ1n) is 6.89. The molecular weight excluding hydrogens is 285 g/mol. The zero-order valence-electron chi connectivity index (χ0n) is 11.6. The van der Waals surface area contributed by atoms with Crippen molar-refractivity contribution in [3.05, 3.63) is 77.9 Å². The van der Waals surface area contributed by atoms with Crippen molar-refractivity contribution in [2.75, 3.05) is 0 Å². The Morgan fingerprint density at radius 2 is 1.62 bits per heavy atom. The third-order valence-electron chi connectivity index (χ3n) is 3.87. The number of halogens is 2. The monoisotopic (exact) mass is 299 g/mol. The van der Waals surface area contributed by atoms with Crippen LogP contribution in [0.4, 0.5) is 4.39 Å². The molecule has 0 aliphatic rings. The molecule has 3 rings (SSSR count). The Kier molecular flexibility index (Phi) is 3.89. The van der Waals surface area contributed by atoms with Crippen LogP contribution in [0.15, 0.2) is 60.9 Å². The van der Waals surface area contributed by atoms with Crippen LogP contribution >= 0.6 is 11.6 Å². The molecule has 21 heavy (non-hydrogen) atoms. The predicted molar refractivity (Wildman–Crippen MR) is 85.2 cm³/mol. The topological polar surface area (TPSA) is 12.9 Å². The normalized spacial score (nSPS) is 14.0. The summed E-state index contributed by atoms with van der Waals surface area (Å²) in [6.45, 7) is 2.07.